The number of nitrogens with zero attached hydrogens (tertiary/aromatic N) is 1. The van der Waals surface area contributed by atoms with E-state index in [4.69, 9.17) is 5.73 Å². The van der Waals surface area contributed by atoms with Crippen LogP contribution >= 0.6 is 12.4 Å². The Bertz CT molecular complexity index is 311. The highest BCUT2D eigenvalue weighted by molar-refractivity contribution is 5.85. The Morgan fingerprint density at radius 1 is 1.53 bits per heavy atom. The molecule has 2 aliphatic rings. The first-order valence-electron chi connectivity index (χ1n) is 5.92. The van der Waals surface area contributed by atoms with Crippen LogP contribution in [0.3, 0.4) is 0 Å². The number of amides is 2. The van der Waals surface area contributed by atoms with Crippen molar-refractivity contribution in [3.63, 3.8) is 0 Å². The summed E-state index contributed by atoms with van der Waals surface area (Å²) >= 11 is 0. The van der Waals surface area contributed by atoms with Crippen LogP contribution < -0.4 is 11.1 Å². The predicted molar refractivity (Wildman–Crippen MR) is 66.7 cm³/mol. The van der Waals surface area contributed by atoms with Gasteiger partial charge in [-0.25, -0.2) is 0 Å². The number of hydrogen-bond acceptors (Lipinski definition) is 3. The lowest BCUT2D eigenvalue weighted by molar-refractivity contribution is -0.137. The van der Waals surface area contributed by atoms with E-state index in [-0.39, 0.29) is 42.2 Å². The number of fused-ring (bicyclic) bond motifs is 2. The van der Waals surface area contributed by atoms with Crippen molar-refractivity contribution in [3.8, 4) is 0 Å². The number of carbonyl (C=O) groups excluding carboxylic acids is 2. The zero-order chi connectivity index (χ0) is 11.7. The molecule has 3 unspecified atom stereocenters. The molecule has 6 heteroatoms. The zero-order valence-electron chi connectivity index (χ0n) is 10.0. The van der Waals surface area contributed by atoms with Crippen molar-refractivity contribution in [2.45, 2.75) is 38.3 Å². The van der Waals surface area contributed by atoms with Crippen molar-refractivity contribution in [2.24, 2.45) is 11.7 Å². The molecule has 0 aromatic rings. The van der Waals surface area contributed by atoms with Gasteiger partial charge in [-0.05, 0) is 12.8 Å². The Labute approximate surface area is 108 Å². The fourth-order valence-electron chi connectivity index (χ4n) is 2.59. The maximum absolute atomic E-state index is 12.2. The van der Waals surface area contributed by atoms with Gasteiger partial charge in [0.05, 0.1) is 0 Å². The van der Waals surface area contributed by atoms with Gasteiger partial charge in [0.2, 0.25) is 11.8 Å². The Kier molecular flexibility index (Phi) is 4.77. The molecule has 0 aliphatic carbocycles. The summed E-state index contributed by atoms with van der Waals surface area (Å²) in [6.45, 7) is 2.82. The summed E-state index contributed by atoms with van der Waals surface area (Å²) in [4.78, 5) is 25.5. The van der Waals surface area contributed by atoms with Gasteiger partial charge in [0.15, 0.2) is 0 Å². The van der Waals surface area contributed by atoms with Gasteiger partial charge in [0, 0.05) is 37.5 Å². The summed E-state index contributed by atoms with van der Waals surface area (Å²) in [5.74, 6) is 0.0215. The van der Waals surface area contributed by atoms with Crippen LogP contribution in [-0.4, -0.2) is 41.9 Å². The van der Waals surface area contributed by atoms with Crippen LogP contribution in [0.2, 0.25) is 0 Å². The topological polar surface area (TPSA) is 75.4 Å². The van der Waals surface area contributed by atoms with Gasteiger partial charge in [0.25, 0.3) is 0 Å². The van der Waals surface area contributed by atoms with Crippen LogP contribution in [0.25, 0.3) is 0 Å². The maximum atomic E-state index is 12.2. The summed E-state index contributed by atoms with van der Waals surface area (Å²) in [7, 11) is 0. The number of halogens is 1. The SMILES string of the molecule is CC(CN)C(=O)N1C2CCC1CC(=O)NC2.Cl. The predicted octanol–water partition coefficient (Wildman–Crippen LogP) is -0.117. The van der Waals surface area contributed by atoms with Gasteiger partial charge in [-0.2, -0.15) is 0 Å². The molecule has 0 aromatic heterocycles. The van der Waals surface area contributed by atoms with Crippen molar-refractivity contribution >= 4 is 24.2 Å². The smallest absolute Gasteiger partial charge is 0.227 e. The molecule has 2 aliphatic heterocycles. The van der Waals surface area contributed by atoms with E-state index in [1.807, 2.05) is 11.8 Å². The molecular formula is C11H20ClN3O2. The van der Waals surface area contributed by atoms with E-state index in [2.05, 4.69) is 5.32 Å². The van der Waals surface area contributed by atoms with Crippen LogP contribution in [-0.2, 0) is 9.59 Å². The molecule has 2 saturated heterocycles. The summed E-state index contributed by atoms with van der Waals surface area (Å²) in [6.07, 6.45) is 2.38. The fourth-order valence-corrected chi connectivity index (χ4v) is 2.59. The highest BCUT2D eigenvalue weighted by Crippen LogP contribution is 2.29. The minimum Gasteiger partial charge on any atom is -0.354 e. The fraction of sp³-hybridized carbons (Fsp3) is 0.818. The molecule has 2 heterocycles. The van der Waals surface area contributed by atoms with Crippen molar-refractivity contribution in [1.82, 2.24) is 10.2 Å². The van der Waals surface area contributed by atoms with E-state index in [0.717, 1.165) is 12.8 Å². The first-order valence-corrected chi connectivity index (χ1v) is 5.92. The molecule has 0 saturated carbocycles. The van der Waals surface area contributed by atoms with Crippen LogP contribution in [0.4, 0.5) is 0 Å². The summed E-state index contributed by atoms with van der Waals surface area (Å²) in [5.41, 5.74) is 5.53. The number of rotatable bonds is 2. The number of nitrogens with one attached hydrogen (secondary N) is 1. The van der Waals surface area contributed by atoms with Crippen LogP contribution in [0, 0.1) is 5.92 Å². The number of nitrogens with two attached hydrogens (primary N) is 1. The maximum Gasteiger partial charge on any atom is 0.227 e. The lowest BCUT2D eigenvalue weighted by Gasteiger charge is -2.29. The molecular weight excluding hydrogens is 242 g/mol. The summed E-state index contributed by atoms with van der Waals surface area (Å²) in [6, 6.07) is 0.270. The average Bonchev–Trinajstić information content (AvgIpc) is 2.57. The van der Waals surface area contributed by atoms with Crippen molar-refractivity contribution in [2.75, 3.05) is 13.1 Å². The molecule has 2 bridgehead atoms. The van der Waals surface area contributed by atoms with E-state index in [1.54, 1.807) is 0 Å². The number of hydrogen-bond donors (Lipinski definition) is 2. The minimum atomic E-state index is -0.142. The van der Waals surface area contributed by atoms with Gasteiger partial charge in [-0.3, -0.25) is 9.59 Å². The monoisotopic (exact) mass is 261 g/mol. The first-order chi connectivity index (χ1) is 7.63. The second kappa shape index (κ2) is 5.69. The third-order valence-electron chi connectivity index (χ3n) is 3.61. The third-order valence-corrected chi connectivity index (χ3v) is 3.61. The lowest BCUT2D eigenvalue weighted by Crippen LogP contribution is -2.46. The van der Waals surface area contributed by atoms with Crippen molar-refractivity contribution in [3.05, 3.63) is 0 Å². The molecule has 98 valence electrons. The largest absolute Gasteiger partial charge is 0.354 e. The Morgan fingerprint density at radius 2 is 2.18 bits per heavy atom. The molecule has 2 rings (SSSR count). The normalized spacial score (nSPS) is 29.1. The molecule has 0 spiro atoms. The molecule has 3 atom stereocenters. The van der Waals surface area contributed by atoms with Gasteiger partial charge in [-0.1, -0.05) is 6.92 Å². The minimum absolute atomic E-state index is 0. The summed E-state index contributed by atoms with van der Waals surface area (Å²) in [5, 5.41) is 2.85. The van der Waals surface area contributed by atoms with Crippen LogP contribution in [0.1, 0.15) is 26.2 Å². The molecule has 2 amide bonds. The molecule has 2 fully saturated rings. The Morgan fingerprint density at radius 3 is 2.82 bits per heavy atom. The van der Waals surface area contributed by atoms with Crippen molar-refractivity contribution < 1.29 is 9.59 Å². The van der Waals surface area contributed by atoms with E-state index < -0.39 is 0 Å². The Hall–Kier alpha value is -0.810. The molecule has 5 nitrogen and oxygen atoms in total. The van der Waals surface area contributed by atoms with Gasteiger partial charge in [-0.15, -0.1) is 12.4 Å². The first kappa shape index (κ1) is 14.3. The van der Waals surface area contributed by atoms with Crippen LogP contribution in [0.5, 0.6) is 0 Å². The second-order valence-corrected chi connectivity index (χ2v) is 4.78. The molecule has 3 N–H and O–H groups in total. The molecule has 0 aromatic carbocycles. The average molecular weight is 262 g/mol. The van der Waals surface area contributed by atoms with E-state index >= 15 is 0 Å². The quantitative estimate of drug-likeness (QED) is 0.728. The Balaban J connectivity index is 0.00000144. The second-order valence-electron chi connectivity index (χ2n) is 4.78. The zero-order valence-corrected chi connectivity index (χ0v) is 10.8. The summed E-state index contributed by atoms with van der Waals surface area (Å²) < 4.78 is 0. The van der Waals surface area contributed by atoms with Crippen LogP contribution in [0.15, 0.2) is 0 Å². The van der Waals surface area contributed by atoms with E-state index in [0.29, 0.717) is 19.5 Å². The highest BCUT2D eigenvalue weighted by Gasteiger charge is 2.41. The van der Waals surface area contributed by atoms with Crippen molar-refractivity contribution in [1.29, 1.82) is 0 Å². The highest BCUT2D eigenvalue weighted by atomic mass is 35.5. The van der Waals surface area contributed by atoms with Gasteiger partial charge in [0.1, 0.15) is 0 Å². The standard InChI is InChI=1S/C11H19N3O2.ClH/c1-7(5-12)11(16)14-8-2-3-9(14)6-13-10(15)4-8;/h7-9H,2-6,12H2,1H3,(H,13,15);1H. The third kappa shape index (κ3) is 2.72. The molecule has 17 heavy (non-hydrogen) atoms. The molecule has 0 radical (unpaired) electrons. The van der Waals surface area contributed by atoms with E-state index in [1.165, 1.54) is 0 Å². The lowest BCUT2D eigenvalue weighted by atomic mass is 10.1. The van der Waals surface area contributed by atoms with Gasteiger partial charge >= 0.3 is 0 Å². The number of carbonyl (C=O) groups is 2. The van der Waals surface area contributed by atoms with Gasteiger partial charge < -0.3 is 16.0 Å². The van der Waals surface area contributed by atoms with E-state index in [9.17, 15) is 9.59 Å².